The van der Waals surface area contributed by atoms with Gasteiger partial charge in [0.25, 0.3) is 0 Å². The van der Waals surface area contributed by atoms with E-state index < -0.39 is 0 Å². The minimum absolute atomic E-state index is 0.235. The molecule has 5 heteroatoms. The zero-order chi connectivity index (χ0) is 15.7. The van der Waals surface area contributed by atoms with Crippen LogP contribution in [0.4, 0.5) is 4.39 Å². The summed E-state index contributed by atoms with van der Waals surface area (Å²) in [5.41, 5.74) is 0.365. The normalized spacial score (nSPS) is 13.3. The predicted octanol–water partition coefficient (Wildman–Crippen LogP) is 3.10. The van der Waals surface area contributed by atoms with E-state index in [1.807, 2.05) is 6.92 Å². The standard InChI is InChI=1S/C16H27FN4/c1-5-18-16(21-13(4)9-8-12(2)3)20-11-15-14(17)7-6-10-19-15/h6-7,10,12-13H,5,8-9,11H2,1-4H3,(H2,18,20,21). The lowest BCUT2D eigenvalue weighted by molar-refractivity contribution is 0.489. The summed E-state index contributed by atoms with van der Waals surface area (Å²) in [6.07, 6.45) is 3.84. The number of aliphatic imine (C=N–C) groups is 1. The van der Waals surface area contributed by atoms with Crippen LogP contribution in [0.1, 0.15) is 46.2 Å². The van der Waals surface area contributed by atoms with Crippen molar-refractivity contribution in [2.45, 2.75) is 53.1 Å². The topological polar surface area (TPSA) is 49.3 Å². The molecule has 4 nitrogen and oxygen atoms in total. The van der Waals surface area contributed by atoms with Crippen molar-refractivity contribution in [3.8, 4) is 0 Å². The Bertz CT molecular complexity index is 446. The van der Waals surface area contributed by atoms with Gasteiger partial charge in [0, 0.05) is 18.8 Å². The number of aromatic nitrogens is 1. The molecule has 0 aliphatic rings. The highest BCUT2D eigenvalue weighted by atomic mass is 19.1. The fraction of sp³-hybridized carbons (Fsp3) is 0.625. The van der Waals surface area contributed by atoms with Crippen molar-refractivity contribution in [1.29, 1.82) is 0 Å². The highest BCUT2D eigenvalue weighted by molar-refractivity contribution is 5.80. The zero-order valence-electron chi connectivity index (χ0n) is 13.5. The van der Waals surface area contributed by atoms with Crippen molar-refractivity contribution < 1.29 is 4.39 Å². The summed E-state index contributed by atoms with van der Waals surface area (Å²) < 4.78 is 13.5. The largest absolute Gasteiger partial charge is 0.357 e. The van der Waals surface area contributed by atoms with Crippen LogP contribution in [0.5, 0.6) is 0 Å². The fourth-order valence-corrected chi connectivity index (χ4v) is 1.90. The second-order valence-electron chi connectivity index (χ2n) is 5.64. The second-order valence-corrected chi connectivity index (χ2v) is 5.64. The third-order valence-electron chi connectivity index (χ3n) is 3.13. The number of halogens is 1. The van der Waals surface area contributed by atoms with Gasteiger partial charge in [-0.3, -0.25) is 4.98 Å². The Hall–Kier alpha value is -1.65. The maximum absolute atomic E-state index is 13.5. The quantitative estimate of drug-likeness (QED) is 0.600. The van der Waals surface area contributed by atoms with Crippen LogP contribution >= 0.6 is 0 Å². The van der Waals surface area contributed by atoms with Gasteiger partial charge in [-0.1, -0.05) is 13.8 Å². The molecule has 1 aromatic heterocycles. The van der Waals surface area contributed by atoms with Crippen molar-refractivity contribution in [3.63, 3.8) is 0 Å². The van der Waals surface area contributed by atoms with E-state index in [2.05, 4.69) is 41.4 Å². The van der Waals surface area contributed by atoms with Crippen LogP contribution in [0.3, 0.4) is 0 Å². The molecular weight excluding hydrogens is 267 g/mol. The number of nitrogens with zero attached hydrogens (tertiary/aromatic N) is 2. The molecule has 1 atom stereocenters. The molecule has 0 aromatic carbocycles. The third-order valence-corrected chi connectivity index (χ3v) is 3.13. The molecule has 1 unspecified atom stereocenters. The van der Waals surface area contributed by atoms with Crippen molar-refractivity contribution in [1.82, 2.24) is 15.6 Å². The lowest BCUT2D eigenvalue weighted by atomic mass is 10.0. The lowest BCUT2D eigenvalue weighted by Crippen LogP contribution is -2.42. The van der Waals surface area contributed by atoms with Crippen LogP contribution in [0.15, 0.2) is 23.3 Å². The molecule has 0 aliphatic heterocycles. The Balaban J connectivity index is 2.59. The van der Waals surface area contributed by atoms with Gasteiger partial charge in [-0.2, -0.15) is 0 Å². The van der Waals surface area contributed by atoms with Gasteiger partial charge in [-0.15, -0.1) is 0 Å². The molecule has 0 spiro atoms. The van der Waals surface area contributed by atoms with Gasteiger partial charge in [-0.05, 0) is 44.7 Å². The smallest absolute Gasteiger partial charge is 0.191 e. The Morgan fingerprint density at radius 3 is 2.71 bits per heavy atom. The maximum Gasteiger partial charge on any atom is 0.191 e. The van der Waals surface area contributed by atoms with E-state index in [0.29, 0.717) is 23.6 Å². The van der Waals surface area contributed by atoms with Crippen molar-refractivity contribution in [2.75, 3.05) is 6.54 Å². The summed E-state index contributed by atoms with van der Waals surface area (Å²) >= 11 is 0. The summed E-state index contributed by atoms with van der Waals surface area (Å²) in [7, 11) is 0. The molecule has 1 aromatic rings. The van der Waals surface area contributed by atoms with Crippen LogP contribution in [-0.4, -0.2) is 23.5 Å². The molecule has 21 heavy (non-hydrogen) atoms. The third kappa shape index (κ3) is 7.06. The van der Waals surface area contributed by atoms with E-state index >= 15 is 0 Å². The first-order chi connectivity index (χ1) is 10.0. The van der Waals surface area contributed by atoms with E-state index in [4.69, 9.17) is 0 Å². The molecule has 0 saturated carbocycles. The highest BCUT2D eigenvalue weighted by Crippen LogP contribution is 2.07. The van der Waals surface area contributed by atoms with Gasteiger partial charge in [0.1, 0.15) is 5.82 Å². The van der Waals surface area contributed by atoms with E-state index in [1.165, 1.54) is 12.5 Å². The average molecular weight is 294 g/mol. The monoisotopic (exact) mass is 294 g/mol. The van der Waals surface area contributed by atoms with Crippen LogP contribution in [-0.2, 0) is 6.54 Å². The van der Waals surface area contributed by atoms with Gasteiger partial charge in [0.2, 0.25) is 0 Å². The molecule has 0 bridgehead atoms. The maximum atomic E-state index is 13.5. The first kappa shape index (κ1) is 17.4. The van der Waals surface area contributed by atoms with Crippen molar-refractivity contribution in [2.24, 2.45) is 10.9 Å². The number of rotatable bonds is 7. The number of nitrogens with one attached hydrogen (secondary N) is 2. The fourth-order valence-electron chi connectivity index (χ4n) is 1.90. The van der Waals surface area contributed by atoms with Crippen LogP contribution < -0.4 is 10.6 Å². The molecule has 0 amide bonds. The number of hydrogen-bond donors (Lipinski definition) is 2. The Kier molecular flexibility index (Phi) is 7.72. The SMILES string of the molecule is CCNC(=NCc1ncccc1F)NC(C)CCC(C)C. The molecule has 0 aliphatic carbocycles. The van der Waals surface area contributed by atoms with E-state index in [9.17, 15) is 4.39 Å². The van der Waals surface area contributed by atoms with Crippen LogP contribution in [0.25, 0.3) is 0 Å². The Morgan fingerprint density at radius 2 is 2.10 bits per heavy atom. The highest BCUT2D eigenvalue weighted by Gasteiger charge is 2.07. The van der Waals surface area contributed by atoms with Gasteiger partial charge in [0.15, 0.2) is 5.96 Å². The molecule has 0 saturated heterocycles. The lowest BCUT2D eigenvalue weighted by Gasteiger charge is -2.18. The number of pyridine rings is 1. The molecule has 1 rings (SSSR count). The van der Waals surface area contributed by atoms with Gasteiger partial charge >= 0.3 is 0 Å². The molecule has 2 N–H and O–H groups in total. The number of hydrogen-bond acceptors (Lipinski definition) is 2. The Morgan fingerprint density at radius 1 is 1.33 bits per heavy atom. The minimum atomic E-state index is -0.315. The van der Waals surface area contributed by atoms with Gasteiger partial charge < -0.3 is 10.6 Å². The first-order valence-electron chi connectivity index (χ1n) is 7.67. The first-order valence-corrected chi connectivity index (χ1v) is 7.67. The Labute approximate surface area is 127 Å². The van der Waals surface area contributed by atoms with E-state index in [1.54, 1.807) is 12.3 Å². The minimum Gasteiger partial charge on any atom is -0.357 e. The van der Waals surface area contributed by atoms with Crippen LogP contribution in [0.2, 0.25) is 0 Å². The van der Waals surface area contributed by atoms with Gasteiger partial charge in [-0.25, -0.2) is 9.38 Å². The van der Waals surface area contributed by atoms with Crippen molar-refractivity contribution >= 4 is 5.96 Å². The number of guanidine groups is 1. The molecule has 0 fully saturated rings. The zero-order valence-corrected chi connectivity index (χ0v) is 13.5. The second kappa shape index (κ2) is 9.32. The molecule has 118 valence electrons. The van der Waals surface area contributed by atoms with Crippen LogP contribution in [0, 0.1) is 11.7 Å². The summed E-state index contributed by atoms with van der Waals surface area (Å²) in [6.45, 7) is 9.59. The summed E-state index contributed by atoms with van der Waals surface area (Å²) in [4.78, 5) is 8.41. The summed E-state index contributed by atoms with van der Waals surface area (Å²) in [5.74, 6) is 1.08. The molecular formula is C16H27FN4. The average Bonchev–Trinajstić information content (AvgIpc) is 2.44. The van der Waals surface area contributed by atoms with E-state index in [-0.39, 0.29) is 12.4 Å². The molecule has 0 radical (unpaired) electrons. The summed E-state index contributed by atoms with van der Waals surface area (Å²) in [6, 6.07) is 3.32. The molecule has 1 heterocycles. The van der Waals surface area contributed by atoms with Gasteiger partial charge in [0.05, 0.1) is 12.2 Å². The van der Waals surface area contributed by atoms with E-state index in [0.717, 1.165) is 13.0 Å². The predicted molar refractivity (Wildman–Crippen MR) is 85.7 cm³/mol. The van der Waals surface area contributed by atoms with Crippen molar-refractivity contribution in [3.05, 3.63) is 29.8 Å². The summed E-state index contributed by atoms with van der Waals surface area (Å²) in [5, 5.41) is 6.53.